The number of likely N-dealkylation sites (tertiary alicyclic amines) is 1. The molecule has 0 spiro atoms. The quantitative estimate of drug-likeness (QED) is 0.890. The van der Waals surface area contributed by atoms with Crippen LogP contribution in [0.4, 0.5) is 0 Å². The topological polar surface area (TPSA) is 40.5 Å². The maximum atomic E-state index is 12.3. The van der Waals surface area contributed by atoms with Gasteiger partial charge in [0.15, 0.2) is 0 Å². The van der Waals surface area contributed by atoms with Gasteiger partial charge in [-0.05, 0) is 24.8 Å². The van der Waals surface area contributed by atoms with Gasteiger partial charge in [0.05, 0.1) is 12.0 Å². The minimum absolute atomic E-state index is 0.0750. The van der Waals surface area contributed by atoms with Gasteiger partial charge < -0.3 is 10.0 Å². The van der Waals surface area contributed by atoms with E-state index < -0.39 is 6.10 Å². The van der Waals surface area contributed by atoms with Crippen LogP contribution >= 0.6 is 0 Å². The maximum absolute atomic E-state index is 12.3. The number of hydrogen-bond donors (Lipinski definition) is 1. The molecule has 18 heavy (non-hydrogen) atoms. The van der Waals surface area contributed by atoms with Gasteiger partial charge in [-0.15, -0.1) is 0 Å². The molecule has 0 radical (unpaired) electrons. The molecule has 1 N–H and O–H groups in total. The van der Waals surface area contributed by atoms with Crippen molar-refractivity contribution >= 4 is 5.91 Å². The van der Waals surface area contributed by atoms with Crippen LogP contribution in [0.1, 0.15) is 37.9 Å². The molecule has 1 aromatic carbocycles. The van der Waals surface area contributed by atoms with E-state index in [1.165, 1.54) is 6.42 Å². The molecule has 1 fully saturated rings. The molecule has 1 aliphatic rings. The highest BCUT2D eigenvalue weighted by Crippen LogP contribution is 2.24. The normalized spacial score (nSPS) is 19.3. The summed E-state index contributed by atoms with van der Waals surface area (Å²) in [6, 6.07) is 9.41. The number of rotatable bonds is 3. The lowest BCUT2D eigenvalue weighted by molar-refractivity contribution is -0.139. The van der Waals surface area contributed by atoms with Crippen molar-refractivity contribution in [2.75, 3.05) is 13.1 Å². The van der Waals surface area contributed by atoms with Gasteiger partial charge in [0.1, 0.15) is 0 Å². The molecule has 3 heteroatoms. The van der Waals surface area contributed by atoms with Crippen molar-refractivity contribution in [3.63, 3.8) is 0 Å². The molecule has 1 heterocycles. The third kappa shape index (κ3) is 2.91. The van der Waals surface area contributed by atoms with Crippen LogP contribution in [0.2, 0.25) is 0 Å². The first-order valence-corrected chi connectivity index (χ1v) is 6.72. The first-order chi connectivity index (χ1) is 8.70. The fraction of sp³-hybridized carbons (Fsp3) is 0.533. The Hall–Kier alpha value is -1.35. The van der Waals surface area contributed by atoms with E-state index in [0.29, 0.717) is 0 Å². The molecule has 1 aliphatic heterocycles. The lowest BCUT2D eigenvalue weighted by Gasteiger charge is -2.30. The highest BCUT2D eigenvalue weighted by molar-refractivity contribution is 5.79. The SMILES string of the molecule is C[C@@H](C(=O)N1CCCCC1)[C@@H](O)c1ccccc1. The Kier molecular flexibility index (Phi) is 4.37. The molecule has 0 unspecified atom stereocenters. The number of carbonyl (C=O) groups excluding carboxylic acids is 1. The van der Waals surface area contributed by atoms with Gasteiger partial charge in [0.25, 0.3) is 0 Å². The lowest BCUT2D eigenvalue weighted by atomic mass is 9.95. The van der Waals surface area contributed by atoms with E-state index in [9.17, 15) is 9.90 Å². The van der Waals surface area contributed by atoms with Gasteiger partial charge in [0.2, 0.25) is 5.91 Å². The number of amides is 1. The number of benzene rings is 1. The molecular weight excluding hydrogens is 226 g/mol. The first-order valence-electron chi connectivity index (χ1n) is 6.72. The monoisotopic (exact) mass is 247 g/mol. The van der Waals surface area contributed by atoms with Gasteiger partial charge in [-0.1, -0.05) is 37.3 Å². The third-order valence-electron chi connectivity index (χ3n) is 3.67. The smallest absolute Gasteiger partial charge is 0.228 e. The minimum atomic E-state index is -0.708. The van der Waals surface area contributed by atoms with Crippen LogP contribution in [0.5, 0.6) is 0 Å². The van der Waals surface area contributed by atoms with Crippen molar-refractivity contribution in [2.45, 2.75) is 32.3 Å². The standard InChI is InChI=1S/C15H21NO2/c1-12(14(17)13-8-4-2-5-9-13)15(18)16-10-6-3-7-11-16/h2,4-5,8-9,12,14,17H,3,6-7,10-11H2,1H3/t12-,14-/m1/s1. The molecule has 0 aliphatic carbocycles. The Morgan fingerprint density at radius 3 is 2.39 bits per heavy atom. The molecular formula is C15H21NO2. The van der Waals surface area contributed by atoms with E-state index in [1.807, 2.05) is 42.2 Å². The highest BCUT2D eigenvalue weighted by Gasteiger charge is 2.28. The zero-order valence-corrected chi connectivity index (χ0v) is 10.9. The Labute approximate surface area is 108 Å². The zero-order valence-electron chi connectivity index (χ0n) is 10.9. The van der Waals surface area contributed by atoms with Crippen molar-refractivity contribution in [1.82, 2.24) is 4.90 Å². The lowest BCUT2D eigenvalue weighted by Crippen LogP contribution is -2.40. The Morgan fingerprint density at radius 1 is 1.17 bits per heavy atom. The van der Waals surface area contributed by atoms with Crippen LogP contribution in [0.15, 0.2) is 30.3 Å². The summed E-state index contributed by atoms with van der Waals surface area (Å²) in [4.78, 5) is 14.2. The van der Waals surface area contributed by atoms with Crippen LogP contribution in [0.25, 0.3) is 0 Å². The van der Waals surface area contributed by atoms with Crippen LogP contribution < -0.4 is 0 Å². The van der Waals surface area contributed by atoms with E-state index >= 15 is 0 Å². The van der Waals surface area contributed by atoms with Crippen LogP contribution in [0, 0.1) is 5.92 Å². The molecule has 3 nitrogen and oxygen atoms in total. The second kappa shape index (κ2) is 6.01. The summed E-state index contributed by atoms with van der Waals surface area (Å²) in [5.41, 5.74) is 0.815. The maximum Gasteiger partial charge on any atom is 0.228 e. The minimum Gasteiger partial charge on any atom is -0.388 e. The largest absolute Gasteiger partial charge is 0.388 e. The second-order valence-corrected chi connectivity index (χ2v) is 5.03. The number of piperidine rings is 1. The van der Waals surface area contributed by atoms with Crippen LogP contribution in [0.3, 0.4) is 0 Å². The van der Waals surface area contributed by atoms with E-state index in [1.54, 1.807) is 0 Å². The van der Waals surface area contributed by atoms with E-state index in [4.69, 9.17) is 0 Å². The zero-order chi connectivity index (χ0) is 13.0. The Bertz CT molecular complexity index is 385. The molecule has 2 rings (SSSR count). The van der Waals surface area contributed by atoms with E-state index in [-0.39, 0.29) is 11.8 Å². The molecule has 2 atom stereocenters. The first kappa shape index (κ1) is 13.1. The summed E-state index contributed by atoms with van der Waals surface area (Å²) in [6.07, 6.45) is 2.67. The predicted molar refractivity (Wildman–Crippen MR) is 71.0 cm³/mol. The van der Waals surface area contributed by atoms with Gasteiger partial charge in [-0.3, -0.25) is 4.79 Å². The van der Waals surface area contributed by atoms with Crippen molar-refractivity contribution in [3.8, 4) is 0 Å². The summed E-state index contributed by atoms with van der Waals surface area (Å²) >= 11 is 0. The van der Waals surface area contributed by atoms with E-state index in [0.717, 1.165) is 31.5 Å². The van der Waals surface area contributed by atoms with Crippen LogP contribution in [-0.4, -0.2) is 29.0 Å². The summed E-state index contributed by atoms with van der Waals surface area (Å²) in [5, 5.41) is 10.2. The van der Waals surface area contributed by atoms with Crippen molar-refractivity contribution in [3.05, 3.63) is 35.9 Å². The number of aliphatic hydroxyl groups is 1. The number of aliphatic hydroxyl groups excluding tert-OH is 1. The summed E-state index contributed by atoms with van der Waals surface area (Å²) < 4.78 is 0. The fourth-order valence-electron chi connectivity index (χ4n) is 2.48. The average molecular weight is 247 g/mol. The molecule has 0 aromatic heterocycles. The fourth-order valence-corrected chi connectivity index (χ4v) is 2.48. The highest BCUT2D eigenvalue weighted by atomic mass is 16.3. The van der Waals surface area contributed by atoms with E-state index in [2.05, 4.69) is 0 Å². The third-order valence-corrected chi connectivity index (χ3v) is 3.67. The summed E-state index contributed by atoms with van der Waals surface area (Å²) in [5.74, 6) is -0.295. The summed E-state index contributed by atoms with van der Waals surface area (Å²) in [7, 11) is 0. The van der Waals surface area contributed by atoms with Crippen molar-refractivity contribution < 1.29 is 9.90 Å². The average Bonchev–Trinajstić information content (AvgIpc) is 2.47. The predicted octanol–water partition coefficient (Wildman–Crippen LogP) is 2.37. The molecule has 1 saturated heterocycles. The number of carbonyl (C=O) groups is 1. The molecule has 1 aromatic rings. The second-order valence-electron chi connectivity index (χ2n) is 5.03. The number of hydrogen-bond acceptors (Lipinski definition) is 2. The molecule has 1 amide bonds. The molecule has 0 bridgehead atoms. The van der Waals surface area contributed by atoms with Gasteiger partial charge in [-0.25, -0.2) is 0 Å². The number of nitrogens with zero attached hydrogens (tertiary/aromatic N) is 1. The summed E-state index contributed by atoms with van der Waals surface area (Å²) in [6.45, 7) is 3.49. The Balaban J connectivity index is 2.01. The van der Waals surface area contributed by atoms with Crippen LogP contribution in [-0.2, 0) is 4.79 Å². The Morgan fingerprint density at radius 2 is 1.78 bits per heavy atom. The molecule has 0 saturated carbocycles. The van der Waals surface area contributed by atoms with Gasteiger partial charge in [-0.2, -0.15) is 0 Å². The van der Waals surface area contributed by atoms with Crippen molar-refractivity contribution in [1.29, 1.82) is 0 Å². The molecule has 98 valence electrons. The van der Waals surface area contributed by atoms with Gasteiger partial charge >= 0.3 is 0 Å². The van der Waals surface area contributed by atoms with Crippen molar-refractivity contribution in [2.24, 2.45) is 5.92 Å². The van der Waals surface area contributed by atoms with Gasteiger partial charge in [0, 0.05) is 13.1 Å².